The third-order valence-electron chi connectivity index (χ3n) is 2.08. The molecule has 0 heterocycles. The summed E-state index contributed by atoms with van der Waals surface area (Å²) in [7, 11) is 1.49. The van der Waals surface area contributed by atoms with Gasteiger partial charge in [-0.3, -0.25) is 0 Å². The van der Waals surface area contributed by atoms with Crippen LogP contribution in [-0.4, -0.2) is 13.7 Å². The monoisotopic (exact) mass is 198 g/mol. The molecule has 0 saturated carbocycles. The normalized spacial score (nSPS) is 12.6. The Kier molecular flexibility index (Phi) is 3.85. The minimum atomic E-state index is -0.342. The molecule has 0 radical (unpaired) electrons. The van der Waals surface area contributed by atoms with Crippen molar-refractivity contribution >= 4 is 0 Å². The number of hydrogen-bond acceptors (Lipinski definition) is 3. The molecule has 0 aliphatic carbocycles. The number of nitrogens with two attached hydrogens (primary N) is 2. The van der Waals surface area contributed by atoms with E-state index in [0.717, 1.165) is 0 Å². The molecule has 1 aromatic rings. The second-order valence-corrected chi connectivity index (χ2v) is 3.07. The van der Waals surface area contributed by atoms with Gasteiger partial charge in [-0.25, -0.2) is 4.39 Å². The van der Waals surface area contributed by atoms with Gasteiger partial charge in [0.25, 0.3) is 0 Å². The van der Waals surface area contributed by atoms with Crippen LogP contribution in [0, 0.1) is 5.82 Å². The van der Waals surface area contributed by atoms with Gasteiger partial charge in [0.15, 0.2) is 0 Å². The highest BCUT2D eigenvalue weighted by atomic mass is 19.1. The zero-order valence-corrected chi connectivity index (χ0v) is 8.16. The molecule has 1 aromatic carbocycles. The second kappa shape index (κ2) is 4.93. The van der Waals surface area contributed by atoms with Crippen LogP contribution in [0.25, 0.3) is 0 Å². The van der Waals surface area contributed by atoms with E-state index in [9.17, 15) is 4.39 Å². The molecule has 3 nitrogen and oxygen atoms in total. The van der Waals surface area contributed by atoms with Gasteiger partial charge in [-0.15, -0.1) is 0 Å². The highest BCUT2D eigenvalue weighted by Crippen LogP contribution is 2.21. The van der Waals surface area contributed by atoms with Gasteiger partial charge in [-0.1, -0.05) is 6.07 Å². The number of rotatable bonds is 4. The molecule has 0 spiro atoms. The maximum Gasteiger partial charge on any atom is 0.131 e. The largest absolute Gasteiger partial charge is 0.497 e. The first-order chi connectivity index (χ1) is 6.69. The molecule has 0 fully saturated rings. The average Bonchev–Trinajstić information content (AvgIpc) is 2.17. The molecule has 78 valence electrons. The third kappa shape index (κ3) is 2.43. The van der Waals surface area contributed by atoms with Gasteiger partial charge in [0.2, 0.25) is 0 Å². The van der Waals surface area contributed by atoms with E-state index >= 15 is 0 Å². The first-order valence-corrected chi connectivity index (χ1v) is 4.48. The zero-order valence-electron chi connectivity index (χ0n) is 8.16. The highest BCUT2D eigenvalue weighted by Gasteiger charge is 2.11. The van der Waals surface area contributed by atoms with Crippen LogP contribution in [0.15, 0.2) is 18.2 Å². The van der Waals surface area contributed by atoms with Crippen LogP contribution in [0.4, 0.5) is 4.39 Å². The molecule has 1 rings (SSSR count). The summed E-state index contributed by atoms with van der Waals surface area (Å²) in [6, 6.07) is 4.31. The minimum absolute atomic E-state index is 0.342. The van der Waals surface area contributed by atoms with Crippen LogP contribution in [0.3, 0.4) is 0 Å². The van der Waals surface area contributed by atoms with Gasteiger partial charge in [0.1, 0.15) is 11.6 Å². The van der Waals surface area contributed by atoms with Crippen molar-refractivity contribution < 1.29 is 9.13 Å². The Hall–Kier alpha value is -1.13. The van der Waals surface area contributed by atoms with Crippen LogP contribution in [0.1, 0.15) is 18.0 Å². The van der Waals surface area contributed by atoms with Crippen molar-refractivity contribution in [3.8, 4) is 5.75 Å². The van der Waals surface area contributed by atoms with Crippen molar-refractivity contribution in [1.82, 2.24) is 0 Å². The molecule has 0 bridgehead atoms. The van der Waals surface area contributed by atoms with Gasteiger partial charge in [-0.05, 0) is 19.0 Å². The van der Waals surface area contributed by atoms with Crippen molar-refractivity contribution in [3.63, 3.8) is 0 Å². The molecule has 0 aromatic heterocycles. The van der Waals surface area contributed by atoms with Crippen LogP contribution in [0.2, 0.25) is 0 Å². The molecule has 0 aliphatic rings. The fraction of sp³-hybridized carbons (Fsp3) is 0.400. The maximum absolute atomic E-state index is 13.4. The minimum Gasteiger partial charge on any atom is -0.497 e. The van der Waals surface area contributed by atoms with Gasteiger partial charge in [0, 0.05) is 17.7 Å². The topological polar surface area (TPSA) is 61.3 Å². The number of benzene rings is 1. The first kappa shape index (κ1) is 10.9. The molecule has 0 unspecified atom stereocenters. The van der Waals surface area contributed by atoms with E-state index in [4.69, 9.17) is 16.2 Å². The van der Waals surface area contributed by atoms with Crippen molar-refractivity contribution in [1.29, 1.82) is 0 Å². The third-order valence-corrected chi connectivity index (χ3v) is 2.08. The van der Waals surface area contributed by atoms with Crippen LogP contribution >= 0.6 is 0 Å². The zero-order chi connectivity index (χ0) is 10.6. The smallest absolute Gasteiger partial charge is 0.131 e. The van der Waals surface area contributed by atoms with E-state index in [-0.39, 0.29) is 11.9 Å². The Morgan fingerprint density at radius 1 is 1.50 bits per heavy atom. The predicted molar refractivity (Wildman–Crippen MR) is 53.6 cm³/mol. The lowest BCUT2D eigenvalue weighted by Gasteiger charge is -2.12. The molecule has 0 amide bonds. The Morgan fingerprint density at radius 2 is 2.21 bits per heavy atom. The molecule has 4 heteroatoms. The van der Waals surface area contributed by atoms with Gasteiger partial charge in [-0.2, -0.15) is 0 Å². The van der Waals surface area contributed by atoms with Crippen molar-refractivity contribution in [2.45, 2.75) is 12.5 Å². The summed E-state index contributed by atoms with van der Waals surface area (Å²) in [6.07, 6.45) is 0.573. The summed E-state index contributed by atoms with van der Waals surface area (Å²) in [4.78, 5) is 0. The summed E-state index contributed by atoms with van der Waals surface area (Å²) in [5.41, 5.74) is 11.6. The Bertz CT molecular complexity index is 304. The number of methoxy groups -OCH3 is 1. The fourth-order valence-electron chi connectivity index (χ4n) is 1.27. The van der Waals surface area contributed by atoms with Gasteiger partial charge in [0.05, 0.1) is 7.11 Å². The lowest BCUT2D eigenvalue weighted by Crippen LogP contribution is -2.16. The number of hydrogen-bond donors (Lipinski definition) is 2. The van der Waals surface area contributed by atoms with Crippen LogP contribution in [-0.2, 0) is 0 Å². The summed E-state index contributed by atoms with van der Waals surface area (Å²) in [5.74, 6) is 0.150. The molecule has 14 heavy (non-hydrogen) atoms. The second-order valence-electron chi connectivity index (χ2n) is 3.07. The summed E-state index contributed by atoms with van der Waals surface area (Å²) < 4.78 is 18.3. The van der Waals surface area contributed by atoms with E-state index in [1.54, 1.807) is 12.1 Å². The molecule has 0 saturated heterocycles. The fourth-order valence-corrected chi connectivity index (χ4v) is 1.27. The van der Waals surface area contributed by atoms with Crippen LogP contribution < -0.4 is 16.2 Å². The lowest BCUT2D eigenvalue weighted by atomic mass is 10.0. The molecule has 4 N–H and O–H groups in total. The predicted octanol–water partition coefficient (Wildman–Crippen LogP) is 1.18. The van der Waals surface area contributed by atoms with Crippen molar-refractivity contribution in [2.75, 3.05) is 13.7 Å². The molecular formula is C10H15FN2O. The number of ether oxygens (including phenoxy) is 1. The quantitative estimate of drug-likeness (QED) is 0.763. The first-order valence-electron chi connectivity index (χ1n) is 4.48. The SMILES string of the molecule is COc1ccc([C@H](N)CCN)c(F)c1. The van der Waals surface area contributed by atoms with Crippen molar-refractivity contribution in [3.05, 3.63) is 29.6 Å². The van der Waals surface area contributed by atoms with Crippen LogP contribution in [0.5, 0.6) is 5.75 Å². The standard InChI is InChI=1S/C10H15FN2O/c1-14-7-2-3-8(9(11)6-7)10(13)4-5-12/h2-3,6,10H,4-5,12-13H2,1H3/t10-/m1/s1. The molecule has 0 aliphatic heterocycles. The Balaban J connectivity index is 2.88. The van der Waals surface area contributed by atoms with Gasteiger partial charge >= 0.3 is 0 Å². The summed E-state index contributed by atoms with van der Waals surface area (Å²) >= 11 is 0. The van der Waals surface area contributed by atoms with E-state index in [1.165, 1.54) is 13.2 Å². The molecular weight excluding hydrogens is 183 g/mol. The number of halogens is 1. The lowest BCUT2D eigenvalue weighted by molar-refractivity contribution is 0.410. The Labute approximate surface area is 82.9 Å². The van der Waals surface area contributed by atoms with E-state index < -0.39 is 0 Å². The van der Waals surface area contributed by atoms with E-state index in [0.29, 0.717) is 24.3 Å². The maximum atomic E-state index is 13.4. The highest BCUT2D eigenvalue weighted by molar-refractivity contribution is 5.30. The summed E-state index contributed by atoms with van der Waals surface area (Å²) in [5, 5.41) is 0. The van der Waals surface area contributed by atoms with E-state index in [2.05, 4.69) is 0 Å². The molecule has 1 atom stereocenters. The average molecular weight is 198 g/mol. The van der Waals surface area contributed by atoms with Gasteiger partial charge < -0.3 is 16.2 Å². The van der Waals surface area contributed by atoms with Crippen molar-refractivity contribution in [2.24, 2.45) is 11.5 Å². The summed E-state index contributed by atoms with van der Waals surface area (Å²) in [6.45, 7) is 0.451. The Morgan fingerprint density at radius 3 is 2.71 bits per heavy atom. The van der Waals surface area contributed by atoms with E-state index in [1.807, 2.05) is 0 Å².